The normalized spacial score (nSPS) is 21.2. The van der Waals surface area contributed by atoms with Crippen LogP contribution in [0.15, 0.2) is 30.5 Å². The van der Waals surface area contributed by atoms with Crippen LogP contribution >= 0.6 is 11.6 Å². The topological polar surface area (TPSA) is 115 Å². The van der Waals surface area contributed by atoms with E-state index in [-0.39, 0.29) is 17.6 Å². The van der Waals surface area contributed by atoms with E-state index in [1.165, 1.54) is 0 Å². The van der Waals surface area contributed by atoms with Crippen LogP contribution < -0.4 is 5.73 Å². The Hall–Kier alpha value is -3.51. The van der Waals surface area contributed by atoms with E-state index in [0.29, 0.717) is 41.7 Å². The lowest BCUT2D eigenvalue weighted by atomic mass is 9.65. The number of nitrogen functional groups attached to an aromatic ring is 1. The molecule has 194 valence electrons. The Bertz CT molecular complexity index is 1390. The molecule has 10 heteroatoms. The highest BCUT2D eigenvalue weighted by atomic mass is 35.5. The molecular weight excluding hydrogens is 490 g/mol. The number of anilines is 1. The van der Waals surface area contributed by atoms with Gasteiger partial charge in [0.05, 0.1) is 18.3 Å². The zero-order valence-corrected chi connectivity index (χ0v) is 22.4. The molecule has 9 nitrogen and oxygen atoms in total. The standard InChI is InChI=1S/C27H32ClN7O2/c1-17-22(15-34(31-17)14-18-6-5-7-19(28)10-18)23-21(13-29)24(30)35(32-23)20-11-27(12-20)8-9-33(16-27)25(36)37-26(2,3)4/h5-7,10,15,20H,8-9,11-12,14,16,30H2,1-4H3. The van der Waals surface area contributed by atoms with Crippen molar-refractivity contribution in [3.05, 3.63) is 52.3 Å². The van der Waals surface area contributed by atoms with Crippen molar-refractivity contribution in [2.24, 2.45) is 5.41 Å². The highest BCUT2D eigenvalue weighted by molar-refractivity contribution is 6.30. The van der Waals surface area contributed by atoms with Gasteiger partial charge in [-0.05, 0) is 70.1 Å². The summed E-state index contributed by atoms with van der Waals surface area (Å²) < 4.78 is 9.17. The summed E-state index contributed by atoms with van der Waals surface area (Å²) in [4.78, 5) is 14.3. The molecule has 0 atom stereocenters. The number of ether oxygens (including phenoxy) is 1. The maximum absolute atomic E-state index is 12.5. The Morgan fingerprint density at radius 1 is 1.32 bits per heavy atom. The van der Waals surface area contributed by atoms with Crippen LogP contribution in [-0.2, 0) is 11.3 Å². The van der Waals surface area contributed by atoms with Crippen molar-refractivity contribution in [3.8, 4) is 17.3 Å². The van der Waals surface area contributed by atoms with Crippen molar-refractivity contribution in [1.82, 2.24) is 24.5 Å². The Labute approximate surface area is 221 Å². The number of rotatable bonds is 4. The predicted octanol–water partition coefficient (Wildman–Crippen LogP) is 5.17. The van der Waals surface area contributed by atoms with E-state index in [1.807, 2.05) is 62.8 Å². The molecule has 3 aromatic rings. The van der Waals surface area contributed by atoms with Gasteiger partial charge >= 0.3 is 6.09 Å². The molecule has 2 N–H and O–H groups in total. The number of aryl methyl sites for hydroxylation is 1. The molecule has 3 heterocycles. The Balaban J connectivity index is 1.32. The average molecular weight is 522 g/mol. The molecular formula is C27H32ClN7O2. The molecule has 0 radical (unpaired) electrons. The van der Waals surface area contributed by atoms with E-state index in [4.69, 9.17) is 27.2 Å². The number of nitriles is 1. The molecule has 2 aliphatic rings. The maximum atomic E-state index is 12.5. The quantitative estimate of drug-likeness (QED) is 0.506. The molecule has 0 unspecified atom stereocenters. The van der Waals surface area contributed by atoms with E-state index in [1.54, 1.807) is 9.58 Å². The molecule has 37 heavy (non-hydrogen) atoms. The van der Waals surface area contributed by atoms with E-state index >= 15 is 0 Å². The van der Waals surface area contributed by atoms with Crippen molar-refractivity contribution in [2.45, 2.75) is 65.1 Å². The van der Waals surface area contributed by atoms with Gasteiger partial charge in [-0.1, -0.05) is 23.7 Å². The number of carbonyl (C=O) groups is 1. The van der Waals surface area contributed by atoms with Gasteiger partial charge in [-0.2, -0.15) is 15.5 Å². The van der Waals surface area contributed by atoms with E-state index < -0.39 is 5.60 Å². The van der Waals surface area contributed by atoms with Crippen LogP contribution in [0.2, 0.25) is 5.02 Å². The molecule has 1 amide bonds. The third kappa shape index (κ3) is 4.90. The lowest BCUT2D eigenvalue weighted by Gasteiger charge is -2.45. The number of aromatic nitrogens is 4. The van der Waals surface area contributed by atoms with Crippen LogP contribution in [0.3, 0.4) is 0 Å². The predicted molar refractivity (Wildman–Crippen MR) is 141 cm³/mol. The van der Waals surface area contributed by atoms with Crippen molar-refractivity contribution in [1.29, 1.82) is 5.26 Å². The summed E-state index contributed by atoms with van der Waals surface area (Å²) in [5.74, 6) is 0.376. The van der Waals surface area contributed by atoms with Crippen LogP contribution in [0, 0.1) is 23.7 Å². The minimum absolute atomic E-state index is 0.0463. The minimum atomic E-state index is -0.511. The number of nitrogens with zero attached hydrogens (tertiary/aromatic N) is 6. The number of carbonyl (C=O) groups excluding carboxylic acids is 1. The summed E-state index contributed by atoms with van der Waals surface area (Å²) >= 11 is 6.13. The second kappa shape index (κ2) is 9.10. The van der Waals surface area contributed by atoms with Crippen molar-refractivity contribution in [2.75, 3.05) is 18.8 Å². The fourth-order valence-electron chi connectivity index (χ4n) is 5.54. The SMILES string of the molecule is Cc1nn(Cc2cccc(Cl)c2)cc1-c1nn(C2CC3(CCN(C(=O)OC(C)(C)C)C3)C2)c(N)c1C#N. The van der Waals surface area contributed by atoms with Gasteiger partial charge in [0, 0.05) is 29.9 Å². The largest absolute Gasteiger partial charge is 0.444 e. The van der Waals surface area contributed by atoms with Crippen LogP contribution in [0.25, 0.3) is 11.3 Å². The molecule has 1 aliphatic heterocycles. The molecule has 2 fully saturated rings. The first-order valence-corrected chi connectivity index (χ1v) is 12.9. The third-order valence-corrected chi connectivity index (χ3v) is 7.50. The molecule has 5 rings (SSSR count). The van der Waals surface area contributed by atoms with E-state index in [2.05, 4.69) is 11.2 Å². The van der Waals surface area contributed by atoms with Crippen LogP contribution in [0.4, 0.5) is 10.6 Å². The van der Waals surface area contributed by atoms with Gasteiger partial charge in [-0.3, -0.25) is 4.68 Å². The Morgan fingerprint density at radius 3 is 2.76 bits per heavy atom. The fourth-order valence-corrected chi connectivity index (χ4v) is 5.75. The van der Waals surface area contributed by atoms with Crippen molar-refractivity contribution in [3.63, 3.8) is 0 Å². The van der Waals surface area contributed by atoms with E-state index in [0.717, 1.165) is 36.1 Å². The summed E-state index contributed by atoms with van der Waals surface area (Å²) in [5, 5.41) is 20.0. The summed E-state index contributed by atoms with van der Waals surface area (Å²) in [6, 6.07) is 9.99. The summed E-state index contributed by atoms with van der Waals surface area (Å²) in [7, 11) is 0. The summed E-state index contributed by atoms with van der Waals surface area (Å²) in [6.07, 6.45) is 4.29. The lowest BCUT2D eigenvalue weighted by Crippen LogP contribution is -2.43. The molecule has 0 bridgehead atoms. The second-order valence-corrected chi connectivity index (χ2v) is 11.8. The lowest BCUT2D eigenvalue weighted by molar-refractivity contribution is 0.0188. The van der Waals surface area contributed by atoms with Gasteiger partial charge in [0.15, 0.2) is 0 Å². The van der Waals surface area contributed by atoms with E-state index in [9.17, 15) is 10.1 Å². The Morgan fingerprint density at radius 2 is 2.08 bits per heavy atom. The maximum Gasteiger partial charge on any atom is 0.410 e. The summed E-state index contributed by atoms with van der Waals surface area (Å²) in [6.45, 7) is 9.46. The highest BCUT2D eigenvalue weighted by Gasteiger charge is 2.51. The van der Waals surface area contributed by atoms with Crippen LogP contribution in [-0.4, -0.2) is 49.2 Å². The van der Waals surface area contributed by atoms with Gasteiger partial charge in [-0.25, -0.2) is 9.48 Å². The number of nitrogens with two attached hydrogens (primary N) is 1. The number of benzene rings is 1. The molecule has 1 spiro atoms. The monoisotopic (exact) mass is 521 g/mol. The zero-order chi connectivity index (χ0) is 26.5. The first kappa shape index (κ1) is 25.2. The van der Waals surface area contributed by atoms with Crippen molar-refractivity contribution < 1.29 is 9.53 Å². The molecule has 2 aromatic heterocycles. The first-order chi connectivity index (χ1) is 17.5. The van der Waals surface area contributed by atoms with Gasteiger partial charge in [0.2, 0.25) is 0 Å². The number of hydrogen-bond acceptors (Lipinski definition) is 6. The minimum Gasteiger partial charge on any atom is -0.444 e. The van der Waals surface area contributed by atoms with Gasteiger partial charge in [0.25, 0.3) is 0 Å². The van der Waals surface area contributed by atoms with Crippen LogP contribution in [0.5, 0.6) is 0 Å². The zero-order valence-electron chi connectivity index (χ0n) is 21.7. The highest BCUT2D eigenvalue weighted by Crippen LogP contribution is 2.55. The molecule has 1 saturated heterocycles. The second-order valence-electron chi connectivity index (χ2n) is 11.3. The van der Waals surface area contributed by atoms with Crippen LogP contribution in [0.1, 0.15) is 62.9 Å². The number of halogens is 1. The van der Waals surface area contributed by atoms with Gasteiger partial charge in [-0.15, -0.1) is 0 Å². The smallest absolute Gasteiger partial charge is 0.410 e. The fraction of sp³-hybridized carbons (Fsp3) is 0.481. The van der Waals surface area contributed by atoms with Gasteiger partial charge < -0.3 is 15.4 Å². The average Bonchev–Trinajstić information content (AvgIpc) is 3.47. The number of likely N-dealkylation sites (tertiary alicyclic amines) is 1. The number of hydrogen-bond donors (Lipinski definition) is 1. The van der Waals surface area contributed by atoms with Crippen molar-refractivity contribution >= 4 is 23.5 Å². The molecule has 1 aliphatic carbocycles. The number of amides is 1. The van der Waals surface area contributed by atoms with Gasteiger partial charge in [0.1, 0.15) is 28.7 Å². The first-order valence-electron chi connectivity index (χ1n) is 12.5. The molecule has 1 saturated carbocycles. The molecule has 1 aromatic carbocycles. The Kier molecular flexibility index (Phi) is 6.19. The third-order valence-electron chi connectivity index (χ3n) is 7.27. The summed E-state index contributed by atoms with van der Waals surface area (Å²) in [5.41, 5.74) is 9.49.